The smallest absolute Gasteiger partial charge is 0.296 e. The number of carbonyl (C=O) groups is 1. The van der Waals surface area contributed by atoms with Crippen LogP contribution in [0, 0.1) is 0 Å². The van der Waals surface area contributed by atoms with Crippen molar-refractivity contribution < 1.29 is 18.3 Å². The number of amides is 1. The molecule has 1 amide bonds. The average Bonchev–Trinajstić information content (AvgIpc) is 3.33. The van der Waals surface area contributed by atoms with Crippen LogP contribution >= 0.6 is 0 Å². The number of carbonyl (C=O) groups excluding carboxylic acids is 1. The van der Waals surface area contributed by atoms with Crippen LogP contribution in [0.25, 0.3) is 17.0 Å². The summed E-state index contributed by atoms with van der Waals surface area (Å²) in [6, 6.07) is 6.66. The normalized spacial score (nSPS) is 17.8. The first-order valence-corrected chi connectivity index (χ1v) is 12.0. The van der Waals surface area contributed by atoms with E-state index in [0.29, 0.717) is 75.4 Å². The molecule has 2 aliphatic rings. The van der Waals surface area contributed by atoms with Crippen LogP contribution in [0.3, 0.4) is 0 Å². The van der Waals surface area contributed by atoms with Gasteiger partial charge in [-0.15, -0.1) is 0 Å². The van der Waals surface area contributed by atoms with Crippen LogP contribution in [0.2, 0.25) is 0 Å². The molecule has 11 nitrogen and oxygen atoms in total. The summed E-state index contributed by atoms with van der Waals surface area (Å²) in [6.45, 7) is 6.09. The Bertz CT molecular complexity index is 1220. The lowest BCUT2D eigenvalue weighted by atomic mass is 10.2. The highest BCUT2D eigenvalue weighted by atomic mass is 19.3. The first-order chi connectivity index (χ1) is 17.5. The number of piperazine rings is 1. The number of nitrogens with zero attached hydrogens (tertiary/aromatic N) is 8. The molecule has 1 atom stereocenters. The Balaban J connectivity index is 1.53. The van der Waals surface area contributed by atoms with E-state index in [2.05, 4.69) is 20.3 Å². The number of alkyl halides is 2. The fourth-order valence-corrected chi connectivity index (χ4v) is 4.41. The minimum Gasteiger partial charge on any atom is -0.378 e. The summed E-state index contributed by atoms with van der Waals surface area (Å²) in [7, 11) is 1.76. The van der Waals surface area contributed by atoms with E-state index in [1.54, 1.807) is 36.2 Å². The minimum absolute atomic E-state index is 0.0361. The molecule has 2 aromatic heterocycles. The number of aromatic nitrogens is 5. The van der Waals surface area contributed by atoms with Crippen molar-refractivity contribution in [1.82, 2.24) is 34.7 Å². The van der Waals surface area contributed by atoms with Crippen LogP contribution < -0.4 is 15.1 Å². The van der Waals surface area contributed by atoms with Gasteiger partial charge in [-0.05, 0) is 26.1 Å². The molecule has 192 valence electrons. The molecule has 1 unspecified atom stereocenters. The van der Waals surface area contributed by atoms with Crippen molar-refractivity contribution >= 4 is 28.8 Å². The highest BCUT2D eigenvalue weighted by molar-refractivity contribution is 5.81. The predicted molar refractivity (Wildman–Crippen MR) is 130 cm³/mol. The van der Waals surface area contributed by atoms with Crippen molar-refractivity contribution in [3.63, 3.8) is 0 Å². The van der Waals surface area contributed by atoms with Gasteiger partial charge in [0.1, 0.15) is 0 Å². The average molecular weight is 502 g/mol. The number of halogens is 2. The van der Waals surface area contributed by atoms with Crippen LogP contribution in [0.15, 0.2) is 24.3 Å². The van der Waals surface area contributed by atoms with E-state index in [0.717, 1.165) is 0 Å². The van der Waals surface area contributed by atoms with E-state index in [9.17, 15) is 13.6 Å². The maximum absolute atomic E-state index is 14.0. The van der Waals surface area contributed by atoms with Gasteiger partial charge in [-0.2, -0.15) is 15.0 Å². The molecule has 0 radical (unpaired) electrons. The van der Waals surface area contributed by atoms with Gasteiger partial charge in [0, 0.05) is 39.3 Å². The zero-order valence-electron chi connectivity index (χ0n) is 20.3. The van der Waals surface area contributed by atoms with Crippen molar-refractivity contribution in [1.29, 1.82) is 0 Å². The third-order valence-electron chi connectivity index (χ3n) is 6.55. The van der Waals surface area contributed by atoms with Crippen LogP contribution in [0.1, 0.15) is 19.2 Å². The molecule has 13 heteroatoms. The number of imidazole rings is 1. The number of morpholine rings is 1. The van der Waals surface area contributed by atoms with E-state index in [1.807, 2.05) is 16.7 Å². The number of benzene rings is 1. The first kappa shape index (κ1) is 24.3. The highest BCUT2D eigenvalue weighted by Crippen LogP contribution is 2.28. The Morgan fingerprint density at radius 1 is 0.917 bits per heavy atom. The molecule has 5 rings (SSSR count). The Morgan fingerprint density at radius 2 is 1.53 bits per heavy atom. The van der Waals surface area contributed by atoms with Gasteiger partial charge in [-0.1, -0.05) is 12.1 Å². The molecule has 0 bridgehead atoms. The van der Waals surface area contributed by atoms with E-state index >= 15 is 0 Å². The van der Waals surface area contributed by atoms with Crippen molar-refractivity contribution in [2.75, 3.05) is 69.3 Å². The van der Waals surface area contributed by atoms with Crippen LogP contribution in [-0.2, 0) is 9.53 Å². The summed E-state index contributed by atoms with van der Waals surface area (Å²) < 4.78 is 34.9. The largest absolute Gasteiger partial charge is 0.378 e. The second-order valence-electron chi connectivity index (χ2n) is 8.75. The van der Waals surface area contributed by atoms with Crippen LogP contribution in [0.5, 0.6) is 0 Å². The van der Waals surface area contributed by atoms with Crippen molar-refractivity contribution in [3.05, 3.63) is 30.1 Å². The lowest BCUT2D eigenvalue weighted by molar-refractivity contribution is -0.133. The molecule has 2 aliphatic heterocycles. The minimum atomic E-state index is -2.81. The first-order valence-electron chi connectivity index (χ1n) is 12.0. The SMILES string of the molecule is CNC(C)C(=O)N1CCN(c2nc(N3CCOCC3)nc(-n3c(C(F)F)nc4ccccc43)n2)CC1. The Hall–Kier alpha value is -3.45. The molecule has 4 heterocycles. The molecule has 3 aromatic rings. The molecular formula is C23H29F2N9O2. The van der Waals surface area contributed by atoms with Gasteiger partial charge in [0.15, 0.2) is 5.82 Å². The molecule has 1 N–H and O–H groups in total. The van der Waals surface area contributed by atoms with Gasteiger partial charge in [0.2, 0.25) is 23.8 Å². The van der Waals surface area contributed by atoms with Crippen molar-refractivity contribution in [2.45, 2.75) is 19.4 Å². The number of rotatable bonds is 6. The summed E-state index contributed by atoms with van der Waals surface area (Å²) in [4.78, 5) is 36.4. The lowest BCUT2D eigenvalue weighted by Crippen LogP contribution is -2.53. The summed E-state index contributed by atoms with van der Waals surface area (Å²) >= 11 is 0. The van der Waals surface area contributed by atoms with Gasteiger partial charge < -0.3 is 24.8 Å². The fourth-order valence-electron chi connectivity index (χ4n) is 4.41. The number of fused-ring (bicyclic) bond motifs is 1. The molecule has 2 fully saturated rings. The van der Waals surface area contributed by atoms with E-state index in [-0.39, 0.29) is 17.9 Å². The monoisotopic (exact) mass is 501 g/mol. The van der Waals surface area contributed by atoms with Gasteiger partial charge in [-0.25, -0.2) is 13.8 Å². The summed E-state index contributed by atoms with van der Waals surface area (Å²) in [6.07, 6.45) is -2.81. The molecule has 0 saturated carbocycles. The molecular weight excluding hydrogens is 472 g/mol. The Morgan fingerprint density at radius 3 is 2.17 bits per heavy atom. The number of anilines is 2. The van der Waals surface area contributed by atoms with Gasteiger partial charge in [-0.3, -0.25) is 9.36 Å². The number of ether oxygens (including phenoxy) is 1. The van der Waals surface area contributed by atoms with Crippen LogP contribution in [0.4, 0.5) is 20.7 Å². The molecule has 2 saturated heterocycles. The maximum atomic E-state index is 14.0. The van der Waals surface area contributed by atoms with Gasteiger partial charge in [0.25, 0.3) is 6.43 Å². The number of hydrogen-bond acceptors (Lipinski definition) is 9. The fraction of sp³-hybridized carbons (Fsp3) is 0.522. The van der Waals surface area contributed by atoms with Crippen molar-refractivity contribution in [2.24, 2.45) is 0 Å². The predicted octanol–water partition coefficient (Wildman–Crippen LogP) is 1.24. The summed E-state index contributed by atoms with van der Waals surface area (Å²) in [5, 5.41) is 2.98. The number of nitrogens with one attached hydrogen (secondary N) is 1. The molecule has 0 aliphatic carbocycles. The third-order valence-corrected chi connectivity index (χ3v) is 6.55. The zero-order valence-corrected chi connectivity index (χ0v) is 20.3. The van der Waals surface area contributed by atoms with Gasteiger partial charge in [0.05, 0.1) is 30.3 Å². The standard InChI is InChI=1S/C23H29F2N9O2/c1-15(26-2)20(35)31-7-9-32(10-8-31)21-28-22(33-11-13-36-14-12-33)30-23(29-21)34-17-6-4-3-5-16(17)27-19(34)18(24)25/h3-6,15,18,26H,7-14H2,1-2H3. The van der Waals surface area contributed by atoms with E-state index < -0.39 is 12.2 Å². The zero-order chi connectivity index (χ0) is 25.2. The van der Waals surface area contributed by atoms with E-state index in [1.165, 1.54) is 4.57 Å². The maximum Gasteiger partial charge on any atom is 0.296 e. The topological polar surface area (TPSA) is 105 Å². The van der Waals surface area contributed by atoms with Crippen LogP contribution in [-0.4, -0.2) is 101 Å². The van der Waals surface area contributed by atoms with Crippen molar-refractivity contribution in [3.8, 4) is 5.95 Å². The Labute approximate surface area is 207 Å². The molecule has 0 spiro atoms. The summed E-state index contributed by atoms with van der Waals surface area (Å²) in [5.41, 5.74) is 0.933. The third kappa shape index (κ3) is 4.67. The van der Waals surface area contributed by atoms with E-state index in [4.69, 9.17) is 9.72 Å². The second-order valence-corrected chi connectivity index (χ2v) is 8.75. The number of likely N-dealkylation sites (N-methyl/N-ethyl adjacent to an activating group) is 1. The number of hydrogen-bond donors (Lipinski definition) is 1. The lowest BCUT2D eigenvalue weighted by Gasteiger charge is -2.36. The summed E-state index contributed by atoms with van der Waals surface area (Å²) in [5.74, 6) is 0.492. The second kappa shape index (κ2) is 10.3. The number of para-hydroxylation sites is 2. The van der Waals surface area contributed by atoms with Gasteiger partial charge >= 0.3 is 0 Å². The highest BCUT2D eigenvalue weighted by Gasteiger charge is 2.28. The quantitative estimate of drug-likeness (QED) is 0.534. The molecule has 36 heavy (non-hydrogen) atoms. The molecule has 1 aromatic carbocycles. The Kier molecular flexibility index (Phi) is 6.92.